The largest absolute Gasteiger partial charge is 0.466 e. The zero-order valence-corrected chi connectivity index (χ0v) is 10.5. The van der Waals surface area contributed by atoms with Crippen LogP contribution in [0.15, 0.2) is 24.3 Å². The van der Waals surface area contributed by atoms with Gasteiger partial charge in [0.2, 0.25) is 0 Å². The van der Waals surface area contributed by atoms with Crippen molar-refractivity contribution in [3.63, 3.8) is 0 Å². The van der Waals surface area contributed by atoms with Crippen LogP contribution in [-0.4, -0.2) is 35.8 Å². The summed E-state index contributed by atoms with van der Waals surface area (Å²) in [4.78, 5) is 33.1. The number of esters is 1. The molecule has 1 aliphatic heterocycles. The van der Waals surface area contributed by atoms with Crippen LogP contribution in [0.4, 0.5) is 0 Å². The van der Waals surface area contributed by atoms with E-state index in [0.29, 0.717) is 5.57 Å². The fourth-order valence-corrected chi connectivity index (χ4v) is 1.09. The maximum atomic E-state index is 10.8. The molecule has 0 spiro atoms. The molecule has 0 bridgehead atoms. The number of methoxy groups -OCH3 is 1. The number of rotatable bonds is 2. The molecule has 1 aliphatic rings. The van der Waals surface area contributed by atoms with Gasteiger partial charge in [0.05, 0.1) is 7.11 Å². The van der Waals surface area contributed by atoms with Gasteiger partial charge in [0.1, 0.15) is 0 Å². The lowest BCUT2D eigenvalue weighted by Crippen LogP contribution is -2.36. The average molecular weight is 239 g/mol. The molecule has 0 fully saturated rings. The molecule has 0 radical (unpaired) electrons. The minimum Gasteiger partial charge on any atom is -0.466 e. The highest BCUT2D eigenvalue weighted by Gasteiger charge is 2.25. The molecule has 1 heterocycles. The molecule has 0 N–H and O–H groups in total. The van der Waals surface area contributed by atoms with E-state index in [1.54, 1.807) is 6.92 Å². The molecule has 0 aromatic rings. The van der Waals surface area contributed by atoms with Crippen LogP contribution in [0.2, 0.25) is 0 Å². The first-order valence-corrected chi connectivity index (χ1v) is 5.10. The summed E-state index contributed by atoms with van der Waals surface area (Å²) in [6, 6.07) is -0.0324. The van der Waals surface area contributed by atoms with E-state index in [0.717, 1.165) is 0 Å². The zero-order chi connectivity index (χ0) is 13.6. The summed E-state index contributed by atoms with van der Waals surface area (Å²) in [5.74, 6) is -0.764. The van der Waals surface area contributed by atoms with Gasteiger partial charge in [0, 0.05) is 23.8 Å². The molecule has 94 valence electrons. The van der Waals surface area contributed by atoms with E-state index in [4.69, 9.17) is 0 Å². The molecule has 0 unspecified atom stereocenters. The number of hydrogen-bond donors (Lipinski definition) is 0. The molecule has 0 saturated heterocycles. The third-order valence-electron chi connectivity index (χ3n) is 1.89. The van der Waals surface area contributed by atoms with Gasteiger partial charge in [-0.05, 0) is 20.8 Å². The number of nitrogens with zero attached hydrogens (tertiary/aromatic N) is 1. The van der Waals surface area contributed by atoms with Gasteiger partial charge in [-0.25, -0.2) is 4.79 Å². The van der Waals surface area contributed by atoms with Crippen LogP contribution in [0.25, 0.3) is 0 Å². The monoisotopic (exact) mass is 239 g/mol. The molecule has 17 heavy (non-hydrogen) atoms. The molecular weight excluding hydrogens is 222 g/mol. The average Bonchev–Trinajstić information content (AvgIpc) is 2.57. The maximum absolute atomic E-state index is 10.8. The maximum Gasteiger partial charge on any atom is 0.332 e. The summed E-state index contributed by atoms with van der Waals surface area (Å²) in [6.45, 7) is 8.57. The Labute approximate surface area is 101 Å². The Bertz CT molecular complexity index is 351. The first-order valence-electron chi connectivity index (χ1n) is 5.10. The fourth-order valence-electron chi connectivity index (χ4n) is 1.09. The van der Waals surface area contributed by atoms with E-state index in [-0.39, 0.29) is 23.8 Å². The quantitative estimate of drug-likeness (QED) is 0.410. The highest BCUT2D eigenvalue weighted by atomic mass is 16.5. The predicted octanol–water partition coefficient (Wildman–Crippen LogP) is 1.06. The van der Waals surface area contributed by atoms with Gasteiger partial charge in [0.15, 0.2) is 0 Å². The van der Waals surface area contributed by atoms with Crippen LogP contribution >= 0.6 is 0 Å². The van der Waals surface area contributed by atoms with E-state index in [1.807, 2.05) is 13.8 Å². The molecule has 0 aliphatic carbocycles. The number of carbonyl (C=O) groups is 3. The summed E-state index contributed by atoms with van der Waals surface area (Å²) < 4.78 is 4.27. The molecule has 0 aromatic heterocycles. The Morgan fingerprint density at radius 3 is 1.82 bits per heavy atom. The molecule has 0 atom stereocenters. The minimum atomic E-state index is -0.347. The Balaban J connectivity index is 0.000000325. The lowest BCUT2D eigenvalue weighted by molar-refractivity contribution is -0.139. The normalized spacial score (nSPS) is 13.6. The van der Waals surface area contributed by atoms with Crippen LogP contribution < -0.4 is 0 Å². The van der Waals surface area contributed by atoms with Gasteiger partial charge in [-0.2, -0.15) is 0 Å². The van der Waals surface area contributed by atoms with Gasteiger partial charge in [0.25, 0.3) is 11.8 Å². The summed E-state index contributed by atoms with van der Waals surface area (Å²) in [5, 5.41) is 0. The molecular formula is C12H17NO4. The molecule has 5 heteroatoms. The lowest BCUT2D eigenvalue weighted by atomic mass is 10.3. The highest BCUT2D eigenvalue weighted by Crippen LogP contribution is 2.07. The third-order valence-corrected chi connectivity index (χ3v) is 1.89. The SMILES string of the molecule is C=C(C)C(=O)OC.CC(C)N1C(=O)C=CC1=O. The van der Waals surface area contributed by atoms with Crippen molar-refractivity contribution < 1.29 is 19.1 Å². The molecule has 5 nitrogen and oxygen atoms in total. The van der Waals surface area contributed by atoms with E-state index >= 15 is 0 Å². The summed E-state index contributed by atoms with van der Waals surface area (Å²) >= 11 is 0. The van der Waals surface area contributed by atoms with Crippen molar-refractivity contribution in [3.05, 3.63) is 24.3 Å². The lowest BCUT2D eigenvalue weighted by Gasteiger charge is -2.17. The Hall–Kier alpha value is -1.91. The van der Waals surface area contributed by atoms with Gasteiger partial charge in [-0.3, -0.25) is 14.5 Å². The van der Waals surface area contributed by atoms with Gasteiger partial charge >= 0.3 is 5.97 Å². The smallest absolute Gasteiger partial charge is 0.332 e. The second kappa shape index (κ2) is 6.62. The molecule has 0 aromatic carbocycles. The van der Waals surface area contributed by atoms with E-state index in [2.05, 4.69) is 11.3 Å². The van der Waals surface area contributed by atoms with Crippen molar-refractivity contribution in [3.8, 4) is 0 Å². The number of ether oxygens (including phenoxy) is 1. The third kappa shape index (κ3) is 4.63. The first kappa shape index (κ1) is 15.1. The number of imide groups is 1. The second-order valence-corrected chi connectivity index (χ2v) is 3.75. The van der Waals surface area contributed by atoms with Crippen molar-refractivity contribution in [2.24, 2.45) is 0 Å². The van der Waals surface area contributed by atoms with Crippen LogP contribution in [0.5, 0.6) is 0 Å². The molecule has 1 rings (SSSR count). The highest BCUT2D eigenvalue weighted by molar-refractivity contribution is 6.13. The fraction of sp³-hybridized carbons (Fsp3) is 0.417. The van der Waals surface area contributed by atoms with Crippen LogP contribution in [0.1, 0.15) is 20.8 Å². The summed E-state index contributed by atoms with van der Waals surface area (Å²) in [6.07, 6.45) is 2.59. The minimum absolute atomic E-state index is 0.0324. The van der Waals surface area contributed by atoms with Crippen molar-refractivity contribution in [1.29, 1.82) is 0 Å². The van der Waals surface area contributed by atoms with Gasteiger partial charge < -0.3 is 4.74 Å². The Morgan fingerprint density at radius 1 is 1.29 bits per heavy atom. The standard InChI is InChI=1S/C7H9NO2.C5H8O2/c1-5(2)8-6(9)3-4-7(8)10;1-4(2)5(6)7-3/h3-5H,1-2H3;1H2,2-3H3. The summed E-state index contributed by atoms with van der Waals surface area (Å²) in [7, 11) is 1.33. The Morgan fingerprint density at radius 2 is 1.71 bits per heavy atom. The van der Waals surface area contributed by atoms with Crippen LogP contribution in [0.3, 0.4) is 0 Å². The van der Waals surface area contributed by atoms with Crippen LogP contribution in [-0.2, 0) is 19.1 Å². The second-order valence-electron chi connectivity index (χ2n) is 3.75. The van der Waals surface area contributed by atoms with Crippen molar-refractivity contribution in [2.75, 3.05) is 7.11 Å². The van der Waals surface area contributed by atoms with E-state index < -0.39 is 0 Å². The van der Waals surface area contributed by atoms with E-state index in [1.165, 1.54) is 24.2 Å². The molecule has 2 amide bonds. The molecule has 0 saturated carbocycles. The van der Waals surface area contributed by atoms with Gasteiger partial charge in [-0.15, -0.1) is 0 Å². The van der Waals surface area contributed by atoms with Crippen molar-refractivity contribution in [2.45, 2.75) is 26.8 Å². The number of amides is 2. The van der Waals surface area contributed by atoms with E-state index in [9.17, 15) is 14.4 Å². The number of carbonyl (C=O) groups excluding carboxylic acids is 3. The topological polar surface area (TPSA) is 63.7 Å². The van der Waals surface area contributed by atoms with Crippen molar-refractivity contribution >= 4 is 17.8 Å². The van der Waals surface area contributed by atoms with Gasteiger partial charge in [-0.1, -0.05) is 6.58 Å². The Kier molecular flexibility index (Phi) is 5.88. The number of hydrogen-bond acceptors (Lipinski definition) is 4. The predicted molar refractivity (Wildman–Crippen MR) is 63.0 cm³/mol. The first-order chi connectivity index (χ1) is 7.81. The van der Waals surface area contributed by atoms with Crippen molar-refractivity contribution in [1.82, 2.24) is 4.90 Å². The summed E-state index contributed by atoms with van der Waals surface area (Å²) in [5.41, 5.74) is 0.433. The van der Waals surface area contributed by atoms with Crippen LogP contribution in [0, 0.1) is 0 Å². The zero-order valence-electron chi connectivity index (χ0n) is 10.5.